The lowest BCUT2D eigenvalue weighted by Gasteiger charge is -2.38. The zero-order valence-corrected chi connectivity index (χ0v) is 14.8. The first-order valence-electron chi connectivity index (χ1n) is 8.83. The van der Waals surface area contributed by atoms with Crippen molar-refractivity contribution in [3.63, 3.8) is 0 Å². The first kappa shape index (κ1) is 16.3. The second-order valence-corrected chi connectivity index (χ2v) is 6.62. The minimum atomic E-state index is -0.359. The number of aromatic nitrogens is 2. The number of hydrogen-bond donors (Lipinski definition) is 0. The Morgan fingerprint density at radius 3 is 2.40 bits per heavy atom. The molecule has 0 aliphatic carbocycles. The summed E-state index contributed by atoms with van der Waals surface area (Å²) in [5, 5.41) is 0. The van der Waals surface area contributed by atoms with Gasteiger partial charge in [0.25, 0.3) is 0 Å². The largest absolute Gasteiger partial charge is 0.356 e. The molecule has 2 fully saturated rings. The fourth-order valence-electron chi connectivity index (χ4n) is 3.52. The molecule has 0 amide bonds. The predicted molar refractivity (Wildman–Crippen MR) is 97.4 cm³/mol. The molecule has 3 heterocycles. The predicted octanol–water partition coefficient (Wildman–Crippen LogP) is 2.90. The molecular weight excluding hydrogens is 316 g/mol. The van der Waals surface area contributed by atoms with Crippen LogP contribution in [0.5, 0.6) is 0 Å². The van der Waals surface area contributed by atoms with Crippen LogP contribution in [-0.2, 0) is 9.47 Å². The van der Waals surface area contributed by atoms with E-state index in [9.17, 15) is 0 Å². The Hall–Kier alpha value is -2.18. The van der Waals surface area contributed by atoms with Gasteiger partial charge < -0.3 is 19.3 Å². The number of hydrogen-bond acceptors (Lipinski definition) is 6. The molecule has 4 rings (SSSR count). The molecule has 0 bridgehead atoms. The zero-order chi connectivity index (χ0) is 17.3. The van der Waals surface area contributed by atoms with Crippen LogP contribution >= 0.6 is 0 Å². The maximum atomic E-state index is 5.82. The fourth-order valence-corrected chi connectivity index (χ4v) is 3.52. The average molecular weight is 340 g/mol. The quantitative estimate of drug-likeness (QED) is 0.856. The zero-order valence-electron chi connectivity index (χ0n) is 14.8. The third kappa shape index (κ3) is 3.32. The van der Waals surface area contributed by atoms with Gasteiger partial charge in [0, 0.05) is 44.7 Å². The van der Waals surface area contributed by atoms with E-state index in [0.29, 0.717) is 13.2 Å². The van der Waals surface area contributed by atoms with Gasteiger partial charge in [-0.2, -0.15) is 0 Å². The standard InChI is InChI=1S/C19H24N4O2/c1-15-20-17(22(2)16-6-4-3-5-7-16)14-18(21-15)23-10-8-19(9-11-23)24-12-13-25-19/h3-7,14H,8-13H2,1-2H3. The molecule has 2 aliphatic heterocycles. The second kappa shape index (κ2) is 6.61. The Balaban J connectivity index is 1.54. The highest BCUT2D eigenvalue weighted by molar-refractivity contribution is 5.62. The van der Waals surface area contributed by atoms with Crippen LogP contribution in [0.15, 0.2) is 36.4 Å². The van der Waals surface area contributed by atoms with Gasteiger partial charge in [-0.15, -0.1) is 0 Å². The van der Waals surface area contributed by atoms with E-state index in [1.807, 2.05) is 32.2 Å². The van der Waals surface area contributed by atoms with Gasteiger partial charge in [0.05, 0.1) is 13.2 Å². The number of para-hydroxylation sites is 1. The third-order valence-electron chi connectivity index (χ3n) is 4.96. The molecule has 2 saturated heterocycles. The summed E-state index contributed by atoms with van der Waals surface area (Å²) < 4.78 is 11.6. The van der Waals surface area contributed by atoms with Gasteiger partial charge in [-0.3, -0.25) is 0 Å². The van der Waals surface area contributed by atoms with Crippen LogP contribution in [0.3, 0.4) is 0 Å². The Morgan fingerprint density at radius 1 is 1.04 bits per heavy atom. The lowest BCUT2D eigenvalue weighted by molar-refractivity contribution is -0.169. The van der Waals surface area contributed by atoms with Crippen molar-refractivity contribution in [2.24, 2.45) is 0 Å². The molecule has 1 aromatic carbocycles. The SMILES string of the molecule is Cc1nc(N2CCC3(CC2)OCCO3)cc(N(C)c2ccccc2)n1. The summed E-state index contributed by atoms with van der Waals surface area (Å²) in [6.45, 7) is 5.12. The lowest BCUT2D eigenvalue weighted by Crippen LogP contribution is -2.45. The minimum Gasteiger partial charge on any atom is -0.356 e. The van der Waals surface area contributed by atoms with Gasteiger partial charge in [0.1, 0.15) is 17.5 Å². The molecular formula is C19H24N4O2. The van der Waals surface area contributed by atoms with Gasteiger partial charge in [0.2, 0.25) is 0 Å². The summed E-state index contributed by atoms with van der Waals surface area (Å²) in [6.07, 6.45) is 1.75. The van der Waals surface area contributed by atoms with Crippen molar-refractivity contribution in [3.05, 3.63) is 42.2 Å². The van der Waals surface area contributed by atoms with Crippen molar-refractivity contribution in [1.29, 1.82) is 0 Å². The van der Waals surface area contributed by atoms with Gasteiger partial charge >= 0.3 is 0 Å². The number of rotatable bonds is 3. The van der Waals surface area contributed by atoms with E-state index in [0.717, 1.165) is 49.1 Å². The topological polar surface area (TPSA) is 50.7 Å². The summed E-state index contributed by atoms with van der Waals surface area (Å²) in [6, 6.07) is 12.3. The van der Waals surface area contributed by atoms with E-state index in [-0.39, 0.29) is 5.79 Å². The summed E-state index contributed by atoms with van der Waals surface area (Å²) >= 11 is 0. The van der Waals surface area contributed by atoms with Crippen molar-refractivity contribution in [2.75, 3.05) is 43.2 Å². The molecule has 25 heavy (non-hydrogen) atoms. The first-order chi connectivity index (χ1) is 12.2. The smallest absolute Gasteiger partial charge is 0.171 e. The first-order valence-corrected chi connectivity index (χ1v) is 8.83. The molecule has 132 valence electrons. The maximum absolute atomic E-state index is 5.82. The normalized spacial score (nSPS) is 19.4. The van der Waals surface area contributed by atoms with Crippen LogP contribution in [0.4, 0.5) is 17.3 Å². The number of nitrogens with zero attached hydrogens (tertiary/aromatic N) is 4. The maximum Gasteiger partial charge on any atom is 0.171 e. The van der Waals surface area contributed by atoms with Crippen molar-refractivity contribution in [2.45, 2.75) is 25.6 Å². The van der Waals surface area contributed by atoms with Gasteiger partial charge in [-0.1, -0.05) is 18.2 Å². The summed E-state index contributed by atoms with van der Waals surface area (Å²) in [5.41, 5.74) is 1.11. The molecule has 0 saturated carbocycles. The van der Waals surface area contributed by atoms with Gasteiger partial charge in [-0.05, 0) is 19.1 Å². The number of aryl methyl sites for hydroxylation is 1. The molecule has 1 spiro atoms. The van der Waals surface area contributed by atoms with E-state index in [2.05, 4.69) is 38.0 Å². The van der Waals surface area contributed by atoms with E-state index in [4.69, 9.17) is 9.47 Å². The van der Waals surface area contributed by atoms with Crippen molar-refractivity contribution < 1.29 is 9.47 Å². The molecule has 2 aromatic rings. The molecule has 0 unspecified atom stereocenters. The van der Waals surface area contributed by atoms with Gasteiger partial charge in [0.15, 0.2) is 5.79 Å². The van der Waals surface area contributed by atoms with Crippen LogP contribution in [-0.4, -0.2) is 49.1 Å². The van der Waals surface area contributed by atoms with E-state index < -0.39 is 0 Å². The molecule has 0 atom stereocenters. The minimum absolute atomic E-state index is 0.359. The number of piperidine rings is 1. The van der Waals surface area contributed by atoms with Gasteiger partial charge in [-0.25, -0.2) is 9.97 Å². The Morgan fingerprint density at radius 2 is 1.72 bits per heavy atom. The van der Waals surface area contributed by atoms with Crippen LogP contribution in [0, 0.1) is 6.92 Å². The molecule has 6 nitrogen and oxygen atoms in total. The highest BCUT2D eigenvalue weighted by atomic mass is 16.7. The van der Waals surface area contributed by atoms with E-state index >= 15 is 0 Å². The van der Waals surface area contributed by atoms with Crippen molar-refractivity contribution in [1.82, 2.24) is 9.97 Å². The van der Waals surface area contributed by atoms with Crippen LogP contribution in [0.2, 0.25) is 0 Å². The number of ether oxygens (including phenoxy) is 2. The Bertz CT molecular complexity index is 721. The number of anilines is 3. The molecule has 0 radical (unpaired) electrons. The summed E-state index contributed by atoms with van der Waals surface area (Å²) in [7, 11) is 2.03. The van der Waals surface area contributed by atoms with Crippen LogP contribution in [0.1, 0.15) is 18.7 Å². The lowest BCUT2D eigenvalue weighted by atomic mass is 10.0. The summed E-state index contributed by atoms with van der Waals surface area (Å²) in [5.74, 6) is 2.30. The van der Waals surface area contributed by atoms with Crippen LogP contribution in [0.25, 0.3) is 0 Å². The number of benzene rings is 1. The average Bonchev–Trinajstić information content (AvgIpc) is 3.10. The molecule has 6 heteroatoms. The second-order valence-electron chi connectivity index (χ2n) is 6.62. The fraction of sp³-hybridized carbons (Fsp3) is 0.474. The molecule has 1 aromatic heterocycles. The van der Waals surface area contributed by atoms with Crippen molar-refractivity contribution in [3.8, 4) is 0 Å². The highest BCUT2D eigenvalue weighted by Crippen LogP contribution is 2.33. The monoisotopic (exact) mass is 340 g/mol. The Labute approximate surface area is 148 Å². The highest BCUT2D eigenvalue weighted by Gasteiger charge is 2.40. The van der Waals surface area contributed by atoms with E-state index in [1.165, 1.54) is 0 Å². The molecule has 2 aliphatic rings. The van der Waals surface area contributed by atoms with Crippen LogP contribution < -0.4 is 9.80 Å². The molecule has 0 N–H and O–H groups in total. The summed E-state index contributed by atoms with van der Waals surface area (Å²) in [4.78, 5) is 13.7. The third-order valence-corrected chi connectivity index (χ3v) is 4.96. The Kier molecular flexibility index (Phi) is 4.31. The van der Waals surface area contributed by atoms with Crippen molar-refractivity contribution >= 4 is 17.3 Å². The van der Waals surface area contributed by atoms with E-state index in [1.54, 1.807) is 0 Å².